The summed E-state index contributed by atoms with van der Waals surface area (Å²) in [6.07, 6.45) is 0. The first kappa shape index (κ1) is 13.5. The van der Waals surface area contributed by atoms with Crippen molar-refractivity contribution in [1.29, 1.82) is 0 Å². The molecule has 0 aliphatic carbocycles. The molecule has 4 aromatic rings. The molecule has 0 unspecified atom stereocenters. The molecule has 0 aliphatic heterocycles. The number of benzene rings is 2. The molecule has 4 rings (SSSR count). The Balaban J connectivity index is 1.76. The number of rotatable bonds is 3. The molecule has 23 heavy (non-hydrogen) atoms. The van der Waals surface area contributed by atoms with Crippen molar-refractivity contribution in [3.63, 3.8) is 0 Å². The molecule has 2 heterocycles. The number of ether oxygens (including phenoxy) is 1. The summed E-state index contributed by atoms with van der Waals surface area (Å²) in [5.74, 6) is 2.22. The van der Waals surface area contributed by atoms with E-state index in [-0.39, 0.29) is 0 Å². The molecule has 0 radical (unpaired) electrons. The van der Waals surface area contributed by atoms with Gasteiger partial charge in [0.25, 0.3) is 5.89 Å². The maximum Gasteiger partial charge on any atom is 0.262 e. The number of methoxy groups -OCH3 is 1. The van der Waals surface area contributed by atoms with Crippen molar-refractivity contribution in [2.75, 3.05) is 7.11 Å². The molecular weight excluding hydrogens is 294 g/mol. The first-order valence-corrected chi connectivity index (χ1v) is 7.09. The Morgan fingerprint density at radius 1 is 1.04 bits per heavy atom. The van der Waals surface area contributed by atoms with Crippen molar-refractivity contribution in [2.45, 2.75) is 6.92 Å². The Hall–Kier alpha value is -3.15. The van der Waals surface area contributed by atoms with E-state index < -0.39 is 0 Å². The molecule has 0 amide bonds. The zero-order valence-electron chi connectivity index (χ0n) is 12.6. The highest BCUT2D eigenvalue weighted by Crippen LogP contribution is 2.30. The van der Waals surface area contributed by atoms with Crippen molar-refractivity contribution >= 4 is 11.1 Å². The molecule has 0 fully saturated rings. The third-order valence-electron chi connectivity index (χ3n) is 3.52. The monoisotopic (exact) mass is 307 g/mol. The van der Waals surface area contributed by atoms with Crippen molar-refractivity contribution in [1.82, 2.24) is 15.1 Å². The predicted molar refractivity (Wildman–Crippen MR) is 84.0 cm³/mol. The second kappa shape index (κ2) is 5.24. The molecule has 0 saturated heterocycles. The van der Waals surface area contributed by atoms with Crippen LogP contribution >= 0.6 is 0 Å². The van der Waals surface area contributed by atoms with E-state index in [0.717, 1.165) is 22.2 Å². The lowest BCUT2D eigenvalue weighted by atomic mass is 10.2. The largest absolute Gasteiger partial charge is 0.496 e. The van der Waals surface area contributed by atoms with Crippen molar-refractivity contribution < 1.29 is 13.7 Å². The van der Waals surface area contributed by atoms with Crippen LogP contribution in [0.25, 0.3) is 33.9 Å². The van der Waals surface area contributed by atoms with Crippen LogP contribution in [0.4, 0.5) is 0 Å². The minimum Gasteiger partial charge on any atom is -0.496 e. The number of fused-ring (bicyclic) bond motifs is 1. The van der Waals surface area contributed by atoms with Gasteiger partial charge in [-0.15, -0.1) is 0 Å². The third kappa shape index (κ3) is 2.34. The van der Waals surface area contributed by atoms with Gasteiger partial charge >= 0.3 is 0 Å². The van der Waals surface area contributed by atoms with Crippen LogP contribution in [-0.2, 0) is 0 Å². The second-order valence-corrected chi connectivity index (χ2v) is 5.04. The van der Waals surface area contributed by atoms with Gasteiger partial charge in [-0.1, -0.05) is 17.3 Å². The van der Waals surface area contributed by atoms with Gasteiger partial charge in [0.1, 0.15) is 11.3 Å². The summed E-state index contributed by atoms with van der Waals surface area (Å²) >= 11 is 0. The molecule has 2 aromatic carbocycles. The zero-order valence-corrected chi connectivity index (χ0v) is 12.6. The molecule has 6 nitrogen and oxygen atoms in total. The van der Waals surface area contributed by atoms with Gasteiger partial charge in [-0.05, 0) is 30.3 Å². The number of nitrogens with zero attached hydrogens (tertiary/aromatic N) is 3. The van der Waals surface area contributed by atoms with E-state index in [0.29, 0.717) is 23.4 Å². The van der Waals surface area contributed by atoms with Crippen LogP contribution in [0.5, 0.6) is 5.75 Å². The van der Waals surface area contributed by atoms with Gasteiger partial charge in [0.15, 0.2) is 11.5 Å². The fourth-order valence-electron chi connectivity index (χ4n) is 2.45. The molecule has 0 atom stereocenters. The molecule has 0 N–H and O–H groups in total. The maximum atomic E-state index is 5.47. The van der Waals surface area contributed by atoms with Crippen LogP contribution in [0, 0.1) is 6.92 Å². The highest BCUT2D eigenvalue weighted by Gasteiger charge is 2.15. The molecule has 0 spiro atoms. The van der Waals surface area contributed by atoms with Gasteiger partial charge in [-0.25, -0.2) is 4.98 Å². The molecule has 0 bridgehead atoms. The van der Waals surface area contributed by atoms with Gasteiger partial charge in [-0.2, -0.15) is 4.98 Å². The molecule has 6 heteroatoms. The predicted octanol–water partition coefficient (Wildman–Crippen LogP) is 3.86. The van der Waals surface area contributed by atoms with Gasteiger partial charge in [0.05, 0.1) is 12.7 Å². The van der Waals surface area contributed by atoms with Crippen molar-refractivity contribution in [3.8, 4) is 28.6 Å². The van der Waals surface area contributed by atoms with Gasteiger partial charge in [0.2, 0.25) is 5.82 Å². The summed E-state index contributed by atoms with van der Waals surface area (Å²) < 4.78 is 16.2. The second-order valence-electron chi connectivity index (χ2n) is 5.04. The lowest BCUT2D eigenvalue weighted by molar-refractivity contribution is 0.405. The summed E-state index contributed by atoms with van der Waals surface area (Å²) in [6.45, 7) is 1.81. The number of aromatic nitrogens is 3. The number of para-hydroxylation sites is 1. The lowest BCUT2D eigenvalue weighted by Gasteiger charge is -2.02. The van der Waals surface area contributed by atoms with Crippen LogP contribution in [-0.4, -0.2) is 22.2 Å². The van der Waals surface area contributed by atoms with E-state index in [1.54, 1.807) is 7.11 Å². The van der Waals surface area contributed by atoms with E-state index in [1.165, 1.54) is 0 Å². The topological polar surface area (TPSA) is 74.2 Å². The SMILES string of the molecule is COc1ccccc1-c1nc(-c2ccc3oc(C)nc3c2)no1. The van der Waals surface area contributed by atoms with Crippen molar-refractivity contribution in [2.24, 2.45) is 0 Å². The Morgan fingerprint density at radius 2 is 1.91 bits per heavy atom. The van der Waals surface area contributed by atoms with E-state index in [1.807, 2.05) is 49.4 Å². The Bertz CT molecular complexity index is 988. The quantitative estimate of drug-likeness (QED) is 0.572. The number of hydrogen-bond acceptors (Lipinski definition) is 6. The van der Waals surface area contributed by atoms with Crippen LogP contribution in [0.15, 0.2) is 51.4 Å². The van der Waals surface area contributed by atoms with Crippen LogP contribution < -0.4 is 4.74 Å². The van der Waals surface area contributed by atoms with Crippen LogP contribution in [0.1, 0.15) is 5.89 Å². The standard InChI is InChI=1S/C17H13N3O3/c1-10-18-13-9-11(7-8-15(13)22-10)16-19-17(23-20-16)12-5-3-4-6-14(12)21-2/h3-9H,1-2H3. The number of hydrogen-bond donors (Lipinski definition) is 0. The van der Waals surface area contributed by atoms with E-state index in [4.69, 9.17) is 13.7 Å². The highest BCUT2D eigenvalue weighted by molar-refractivity contribution is 5.79. The lowest BCUT2D eigenvalue weighted by Crippen LogP contribution is -1.87. The smallest absolute Gasteiger partial charge is 0.262 e. The van der Waals surface area contributed by atoms with Gasteiger partial charge < -0.3 is 13.7 Å². The minimum absolute atomic E-state index is 0.411. The zero-order chi connectivity index (χ0) is 15.8. The fraction of sp³-hybridized carbons (Fsp3) is 0.118. The third-order valence-corrected chi connectivity index (χ3v) is 3.52. The molecular formula is C17H13N3O3. The molecule has 2 aromatic heterocycles. The summed E-state index contributed by atoms with van der Waals surface area (Å²) in [5, 5.41) is 4.05. The minimum atomic E-state index is 0.411. The first-order valence-electron chi connectivity index (χ1n) is 7.09. The summed E-state index contributed by atoms with van der Waals surface area (Å²) in [5.41, 5.74) is 3.08. The summed E-state index contributed by atoms with van der Waals surface area (Å²) in [6, 6.07) is 13.1. The summed E-state index contributed by atoms with van der Waals surface area (Å²) in [7, 11) is 1.61. The van der Waals surface area contributed by atoms with Crippen LogP contribution in [0.2, 0.25) is 0 Å². The number of aryl methyl sites for hydroxylation is 1. The maximum absolute atomic E-state index is 5.47. The first-order chi connectivity index (χ1) is 11.2. The Labute approximate surface area is 131 Å². The highest BCUT2D eigenvalue weighted by atomic mass is 16.5. The fourth-order valence-corrected chi connectivity index (χ4v) is 2.45. The Kier molecular flexibility index (Phi) is 3.08. The van der Waals surface area contributed by atoms with Crippen LogP contribution in [0.3, 0.4) is 0 Å². The average Bonchev–Trinajstić information content (AvgIpc) is 3.19. The van der Waals surface area contributed by atoms with Gasteiger partial charge in [-0.3, -0.25) is 0 Å². The van der Waals surface area contributed by atoms with E-state index in [9.17, 15) is 0 Å². The van der Waals surface area contributed by atoms with Gasteiger partial charge in [0, 0.05) is 12.5 Å². The molecule has 114 valence electrons. The average molecular weight is 307 g/mol. The number of oxazole rings is 1. The molecule has 0 saturated carbocycles. The van der Waals surface area contributed by atoms with E-state index in [2.05, 4.69) is 15.1 Å². The van der Waals surface area contributed by atoms with E-state index >= 15 is 0 Å². The normalized spacial score (nSPS) is 11.0. The molecule has 0 aliphatic rings. The summed E-state index contributed by atoms with van der Waals surface area (Å²) in [4.78, 5) is 8.78. The Morgan fingerprint density at radius 3 is 2.78 bits per heavy atom. The van der Waals surface area contributed by atoms with Crippen molar-refractivity contribution in [3.05, 3.63) is 48.4 Å².